The van der Waals surface area contributed by atoms with E-state index in [-0.39, 0.29) is 11.7 Å². The number of para-hydroxylation sites is 1. The van der Waals surface area contributed by atoms with Crippen molar-refractivity contribution in [3.63, 3.8) is 0 Å². The molecule has 1 aliphatic carbocycles. The molecule has 10 heteroatoms. The lowest BCUT2D eigenvalue weighted by molar-refractivity contribution is -0.129. The van der Waals surface area contributed by atoms with Gasteiger partial charge in [-0.1, -0.05) is 43.0 Å². The maximum absolute atomic E-state index is 13.1. The third kappa shape index (κ3) is 5.01. The van der Waals surface area contributed by atoms with E-state index >= 15 is 0 Å². The number of hydrogen-bond donors (Lipinski definition) is 0. The summed E-state index contributed by atoms with van der Waals surface area (Å²) in [6, 6.07) is 14.0. The van der Waals surface area contributed by atoms with Crippen LogP contribution in [0.25, 0.3) is 16.5 Å². The van der Waals surface area contributed by atoms with E-state index in [1.165, 1.54) is 11.8 Å². The van der Waals surface area contributed by atoms with Crippen molar-refractivity contribution < 1.29 is 9.21 Å². The molecule has 0 aliphatic heterocycles. The van der Waals surface area contributed by atoms with Gasteiger partial charge in [0.05, 0.1) is 17.2 Å². The van der Waals surface area contributed by atoms with Gasteiger partial charge in [0.1, 0.15) is 5.82 Å². The molecule has 0 spiro atoms. The second-order valence-electron chi connectivity index (χ2n) is 7.87. The van der Waals surface area contributed by atoms with Crippen molar-refractivity contribution in [2.24, 2.45) is 0 Å². The average molecular weight is 481 g/mol. The zero-order chi connectivity index (χ0) is 22.6. The lowest BCUT2D eigenvalue weighted by atomic mass is 10.3. The highest BCUT2D eigenvalue weighted by atomic mass is 32.2. The lowest BCUT2D eigenvalue weighted by Crippen LogP contribution is -2.32. The summed E-state index contributed by atoms with van der Waals surface area (Å²) in [5.41, 5.74) is 1.02. The number of carbonyl (C=O) groups excluding carboxylic acids is 1. The fourth-order valence-corrected chi connectivity index (χ4v) is 5.07. The zero-order valence-corrected chi connectivity index (χ0v) is 19.9. The number of carbonyl (C=O) groups is 1. The smallest absolute Gasteiger partial charge is 0.257 e. The number of aromatic nitrogens is 5. The van der Waals surface area contributed by atoms with Gasteiger partial charge in [0.25, 0.3) is 5.89 Å². The monoisotopic (exact) mass is 480 g/mol. The van der Waals surface area contributed by atoms with Gasteiger partial charge in [0.15, 0.2) is 5.16 Å². The summed E-state index contributed by atoms with van der Waals surface area (Å²) in [6.07, 6.45) is 3.11. The molecule has 0 N–H and O–H groups in total. The number of thioether (sulfide) groups is 1. The summed E-state index contributed by atoms with van der Waals surface area (Å²) in [6.45, 7) is 2.96. The van der Waals surface area contributed by atoms with E-state index in [0.717, 1.165) is 40.8 Å². The molecular formula is C23H24N6O2S2. The summed E-state index contributed by atoms with van der Waals surface area (Å²) in [5.74, 6) is 2.63. The molecule has 3 heterocycles. The maximum atomic E-state index is 13.1. The van der Waals surface area contributed by atoms with Gasteiger partial charge in [-0.05, 0) is 42.8 Å². The van der Waals surface area contributed by atoms with Crippen LogP contribution in [0.1, 0.15) is 43.8 Å². The Labute approximate surface area is 200 Å². The third-order valence-corrected chi connectivity index (χ3v) is 7.08. The number of amides is 1. The predicted molar refractivity (Wildman–Crippen MR) is 127 cm³/mol. The first-order chi connectivity index (χ1) is 16.2. The average Bonchev–Trinajstić information content (AvgIpc) is 3.22. The van der Waals surface area contributed by atoms with Crippen LogP contribution in [0, 0.1) is 0 Å². The van der Waals surface area contributed by atoms with Crippen molar-refractivity contribution in [3.8, 4) is 16.5 Å². The fourth-order valence-electron chi connectivity index (χ4n) is 3.56. The molecule has 1 amide bonds. The number of nitrogens with zero attached hydrogens (tertiary/aromatic N) is 6. The minimum atomic E-state index is 0.00769. The van der Waals surface area contributed by atoms with Crippen molar-refractivity contribution in [1.29, 1.82) is 0 Å². The largest absolute Gasteiger partial charge is 0.418 e. The molecule has 1 aliphatic rings. The highest BCUT2D eigenvalue weighted by Gasteiger charge is 2.31. The highest BCUT2D eigenvalue weighted by molar-refractivity contribution is 7.99. The molecule has 1 aromatic carbocycles. The minimum Gasteiger partial charge on any atom is -0.418 e. The van der Waals surface area contributed by atoms with Crippen molar-refractivity contribution in [1.82, 2.24) is 29.9 Å². The quantitative estimate of drug-likeness (QED) is 0.302. The molecule has 3 aromatic heterocycles. The van der Waals surface area contributed by atoms with Crippen LogP contribution < -0.4 is 0 Å². The Bertz CT molecular complexity index is 1200. The van der Waals surface area contributed by atoms with Crippen LogP contribution in [0.4, 0.5) is 0 Å². The lowest BCUT2D eigenvalue weighted by Gasteiger charge is -2.20. The molecule has 5 rings (SSSR count). The van der Waals surface area contributed by atoms with Gasteiger partial charge in [-0.3, -0.25) is 9.36 Å². The summed E-state index contributed by atoms with van der Waals surface area (Å²) in [5, 5.41) is 19.8. The zero-order valence-electron chi connectivity index (χ0n) is 18.3. The van der Waals surface area contributed by atoms with E-state index in [1.807, 2.05) is 54.8 Å². The normalized spacial score (nSPS) is 13.4. The Morgan fingerprint density at radius 2 is 2.00 bits per heavy atom. The second kappa shape index (κ2) is 9.88. The molecule has 1 saturated carbocycles. The van der Waals surface area contributed by atoms with Crippen LogP contribution in [0.5, 0.6) is 0 Å². The van der Waals surface area contributed by atoms with Crippen LogP contribution in [0.2, 0.25) is 0 Å². The molecule has 0 unspecified atom stereocenters. The molecule has 8 nitrogen and oxygen atoms in total. The van der Waals surface area contributed by atoms with Gasteiger partial charge in [-0.15, -0.1) is 31.7 Å². The SMILES string of the molecule is CCCN(Cc1nnc(-c2cccs2)o1)C(=O)CSc1nnc(C2CC2)n1-c1ccccc1. The fraction of sp³-hybridized carbons (Fsp3) is 0.348. The van der Waals surface area contributed by atoms with Crippen molar-refractivity contribution in [3.05, 3.63) is 59.6 Å². The number of hydrogen-bond acceptors (Lipinski definition) is 8. The minimum absolute atomic E-state index is 0.00769. The molecule has 0 radical (unpaired) electrons. The van der Waals surface area contributed by atoms with Gasteiger partial charge >= 0.3 is 0 Å². The maximum Gasteiger partial charge on any atom is 0.257 e. The van der Waals surface area contributed by atoms with E-state index in [0.29, 0.717) is 30.8 Å². The van der Waals surface area contributed by atoms with Gasteiger partial charge in [-0.2, -0.15) is 0 Å². The molecule has 4 aromatic rings. The van der Waals surface area contributed by atoms with Gasteiger partial charge < -0.3 is 9.32 Å². The third-order valence-electron chi connectivity index (χ3n) is 5.31. The predicted octanol–water partition coefficient (Wildman–Crippen LogP) is 4.79. The van der Waals surface area contributed by atoms with Gasteiger partial charge in [0.2, 0.25) is 11.8 Å². The Hall–Kier alpha value is -2.98. The Balaban J connectivity index is 1.28. The Kier molecular flexibility index (Phi) is 6.54. The van der Waals surface area contributed by atoms with Crippen LogP contribution in [0.15, 0.2) is 57.4 Å². The summed E-state index contributed by atoms with van der Waals surface area (Å²) in [7, 11) is 0. The number of thiophene rings is 1. The molecule has 33 heavy (non-hydrogen) atoms. The molecular weight excluding hydrogens is 456 g/mol. The van der Waals surface area contributed by atoms with E-state index in [1.54, 1.807) is 16.2 Å². The first kappa shape index (κ1) is 21.8. The molecule has 0 bridgehead atoms. The van der Waals surface area contributed by atoms with Crippen molar-refractivity contribution in [2.45, 2.75) is 43.8 Å². The van der Waals surface area contributed by atoms with Crippen LogP contribution in [0.3, 0.4) is 0 Å². The standard InChI is InChI=1S/C23H24N6O2S2/c1-2-12-28(14-19-24-26-22(31-19)18-9-6-13-32-18)20(30)15-33-23-27-25-21(16-10-11-16)29(23)17-7-4-3-5-8-17/h3-9,13,16H,2,10-12,14-15H2,1H3. The summed E-state index contributed by atoms with van der Waals surface area (Å²) < 4.78 is 7.88. The van der Waals surface area contributed by atoms with E-state index in [9.17, 15) is 4.79 Å². The van der Waals surface area contributed by atoms with Gasteiger partial charge in [0, 0.05) is 18.2 Å². The van der Waals surface area contributed by atoms with Crippen LogP contribution >= 0.6 is 23.1 Å². The first-order valence-corrected chi connectivity index (χ1v) is 12.9. The number of benzene rings is 1. The Morgan fingerprint density at radius 3 is 2.73 bits per heavy atom. The molecule has 1 fully saturated rings. The van der Waals surface area contributed by atoms with Crippen LogP contribution in [-0.2, 0) is 11.3 Å². The summed E-state index contributed by atoms with van der Waals surface area (Å²) >= 11 is 2.96. The second-order valence-corrected chi connectivity index (χ2v) is 9.76. The van der Waals surface area contributed by atoms with E-state index in [2.05, 4.69) is 25.0 Å². The van der Waals surface area contributed by atoms with Crippen molar-refractivity contribution in [2.75, 3.05) is 12.3 Å². The highest BCUT2D eigenvalue weighted by Crippen LogP contribution is 2.41. The van der Waals surface area contributed by atoms with E-state index < -0.39 is 0 Å². The molecule has 0 saturated heterocycles. The molecule has 170 valence electrons. The van der Waals surface area contributed by atoms with E-state index in [4.69, 9.17) is 4.42 Å². The van der Waals surface area contributed by atoms with Gasteiger partial charge in [-0.25, -0.2) is 0 Å². The first-order valence-electron chi connectivity index (χ1n) is 11.0. The Morgan fingerprint density at radius 1 is 1.15 bits per heavy atom. The molecule has 0 atom stereocenters. The topological polar surface area (TPSA) is 89.9 Å². The summed E-state index contributed by atoms with van der Waals surface area (Å²) in [4.78, 5) is 15.8. The number of rotatable bonds is 10. The van der Waals surface area contributed by atoms with Crippen molar-refractivity contribution >= 4 is 29.0 Å². The van der Waals surface area contributed by atoms with Crippen LogP contribution in [-0.4, -0.2) is 48.1 Å².